The molecule has 4 rings (SSSR count). The van der Waals surface area contributed by atoms with Gasteiger partial charge in [-0.15, -0.1) is 0 Å². The molecule has 1 aliphatic rings. The average Bonchev–Trinajstić information content (AvgIpc) is 2.98. The predicted molar refractivity (Wildman–Crippen MR) is 163 cm³/mol. The summed E-state index contributed by atoms with van der Waals surface area (Å²) in [5.74, 6) is 0.566. The van der Waals surface area contributed by atoms with Crippen LogP contribution in [0.2, 0.25) is 5.15 Å². The topological polar surface area (TPSA) is 139 Å². The predicted octanol–water partition coefficient (Wildman–Crippen LogP) is 5.33. The van der Waals surface area contributed by atoms with Gasteiger partial charge in [0.25, 0.3) is 0 Å². The number of Topliss-reactive ketones (excluding diaryl/α,β-unsaturated/α-hetero) is 1. The first-order valence-corrected chi connectivity index (χ1v) is 14.5. The Kier molecular flexibility index (Phi) is 10.2. The fraction of sp³-hybridized carbons (Fsp3) is 0.406. The summed E-state index contributed by atoms with van der Waals surface area (Å²) in [6.45, 7) is 5.81. The zero-order valence-electron chi connectivity index (χ0n) is 24.8. The molecular formula is C32H38ClN3O7. The summed E-state index contributed by atoms with van der Waals surface area (Å²) in [6, 6.07) is 15.9. The first kappa shape index (κ1) is 32.1. The fourth-order valence-corrected chi connectivity index (χ4v) is 5.14. The normalized spacial score (nSPS) is 17.9. The number of methoxy groups -OCH3 is 1. The van der Waals surface area contributed by atoms with Gasteiger partial charge >= 0.3 is 6.09 Å². The number of carbonyl (C=O) groups is 2. The first-order valence-electron chi connectivity index (χ1n) is 14.1. The van der Waals surface area contributed by atoms with Crippen molar-refractivity contribution in [3.63, 3.8) is 0 Å². The van der Waals surface area contributed by atoms with Gasteiger partial charge < -0.3 is 35.1 Å². The van der Waals surface area contributed by atoms with E-state index in [-0.39, 0.29) is 42.7 Å². The third-order valence-corrected chi connectivity index (χ3v) is 7.72. The van der Waals surface area contributed by atoms with E-state index in [1.54, 1.807) is 38.1 Å². The van der Waals surface area contributed by atoms with Crippen LogP contribution >= 0.6 is 11.6 Å². The summed E-state index contributed by atoms with van der Waals surface area (Å²) in [4.78, 5) is 30.3. The van der Waals surface area contributed by atoms with Crippen LogP contribution in [0.15, 0.2) is 54.6 Å². The van der Waals surface area contributed by atoms with Crippen LogP contribution in [0.3, 0.4) is 0 Å². The summed E-state index contributed by atoms with van der Waals surface area (Å²) in [5.41, 5.74) is 0.406. The molecule has 3 atom stereocenters. The monoisotopic (exact) mass is 611 g/mol. The molecule has 2 aromatic carbocycles. The Balaban J connectivity index is 1.48. The summed E-state index contributed by atoms with van der Waals surface area (Å²) >= 11 is 6.57. The van der Waals surface area contributed by atoms with Crippen LogP contribution in [0.1, 0.15) is 67.2 Å². The van der Waals surface area contributed by atoms with Crippen LogP contribution in [0.4, 0.5) is 10.5 Å². The van der Waals surface area contributed by atoms with Gasteiger partial charge in [-0.25, -0.2) is 9.78 Å². The summed E-state index contributed by atoms with van der Waals surface area (Å²) in [7, 11) is 1.47. The molecular weight excluding hydrogens is 574 g/mol. The van der Waals surface area contributed by atoms with Crippen molar-refractivity contribution in [1.82, 2.24) is 10.3 Å². The zero-order valence-corrected chi connectivity index (χ0v) is 25.5. The molecule has 1 amide bonds. The molecule has 3 aromatic rings. The van der Waals surface area contributed by atoms with Crippen LogP contribution < -0.4 is 20.1 Å². The number of anilines is 1. The number of amides is 1. The molecule has 0 saturated heterocycles. The van der Waals surface area contributed by atoms with Gasteiger partial charge in [-0.2, -0.15) is 0 Å². The van der Waals surface area contributed by atoms with Crippen molar-refractivity contribution in [3.05, 3.63) is 82.1 Å². The number of ketones is 1. The molecule has 4 N–H and O–H groups in total. The molecule has 1 aliphatic heterocycles. The lowest BCUT2D eigenvalue weighted by atomic mass is 9.83. The van der Waals surface area contributed by atoms with Crippen molar-refractivity contribution in [2.24, 2.45) is 0 Å². The van der Waals surface area contributed by atoms with Crippen LogP contribution in [-0.4, -0.2) is 53.4 Å². The number of alkyl carbamates (subject to hydrolysis) is 1. The van der Waals surface area contributed by atoms with E-state index in [1.165, 1.54) is 7.11 Å². The van der Waals surface area contributed by atoms with Gasteiger partial charge in [-0.05, 0) is 63.4 Å². The molecule has 0 saturated carbocycles. The van der Waals surface area contributed by atoms with Gasteiger partial charge in [0.15, 0.2) is 22.4 Å². The maximum Gasteiger partial charge on any atom is 0.408 e. The number of hydrogen-bond acceptors (Lipinski definition) is 9. The first-order chi connectivity index (χ1) is 20.4. The summed E-state index contributed by atoms with van der Waals surface area (Å²) < 4.78 is 16.4. The van der Waals surface area contributed by atoms with Gasteiger partial charge in [0.2, 0.25) is 0 Å². The van der Waals surface area contributed by atoms with E-state index in [4.69, 9.17) is 25.8 Å². The molecule has 11 heteroatoms. The molecule has 0 radical (unpaired) electrons. The van der Waals surface area contributed by atoms with Crippen LogP contribution in [0, 0.1) is 0 Å². The highest BCUT2D eigenvalue weighted by Crippen LogP contribution is 2.41. The van der Waals surface area contributed by atoms with E-state index < -0.39 is 23.3 Å². The Morgan fingerprint density at radius 3 is 2.63 bits per heavy atom. The van der Waals surface area contributed by atoms with E-state index in [0.29, 0.717) is 41.3 Å². The highest BCUT2D eigenvalue weighted by Gasteiger charge is 2.38. The van der Waals surface area contributed by atoms with E-state index in [1.807, 2.05) is 37.3 Å². The van der Waals surface area contributed by atoms with Crippen LogP contribution in [0.25, 0.3) is 0 Å². The number of aliphatic hydroxyl groups is 2. The molecule has 1 unspecified atom stereocenters. The minimum Gasteiger partial charge on any atom is -0.493 e. The SMILES string of the molecule is COc1cc(C(=O)CCC(C)(O)c2cc3c(c(Cl)n2)NCC[C@]3(C)NC(=O)OCc2ccccc2)ccc1OC[C@@H](C)O. The zero-order chi connectivity index (χ0) is 31.2. The molecule has 0 aliphatic carbocycles. The van der Waals surface area contributed by atoms with E-state index in [0.717, 1.165) is 5.56 Å². The molecule has 2 heterocycles. The fourth-order valence-electron chi connectivity index (χ4n) is 4.88. The summed E-state index contributed by atoms with van der Waals surface area (Å²) in [5, 5.41) is 27.3. The lowest BCUT2D eigenvalue weighted by Crippen LogP contribution is -2.47. The van der Waals surface area contributed by atoms with E-state index >= 15 is 0 Å². The Labute approximate surface area is 256 Å². The van der Waals surface area contributed by atoms with Crippen LogP contribution in [-0.2, 0) is 22.5 Å². The number of pyridine rings is 1. The standard InChI is InChI=1S/C32H38ClN3O7/c1-20(37)18-42-25-11-10-22(16-26(25)41-4)24(38)12-13-32(3,40)27-17-23-28(29(33)35-27)34-15-14-31(23,2)36-30(39)43-19-21-8-6-5-7-9-21/h5-11,16-17,20,34,37,40H,12-15,18-19H2,1-4H3,(H,36,39)/t20-,31+,32?/m1/s1. The number of hydrogen-bond donors (Lipinski definition) is 4. The van der Waals surface area contributed by atoms with Crippen molar-refractivity contribution < 1.29 is 34.0 Å². The Bertz CT molecular complexity index is 1450. The number of benzene rings is 2. The highest BCUT2D eigenvalue weighted by molar-refractivity contribution is 6.32. The van der Waals surface area contributed by atoms with Gasteiger partial charge in [-0.1, -0.05) is 41.9 Å². The lowest BCUT2D eigenvalue weighted by Gasteiger charge is -2.38. The van der Waals surface area contributed by atoms with E-state index in [9.17, 15) is 19.8 Å². The maximum atomic E-state index is 13.1. The number of halogens is 1. The van der Waals surface area contributed by atoms with Crippen LogP contribution in [0.5, 0.6) is 11.5 Å². The van der Waals surface area contributed by atoms with Gasteiger partial charge in [0.1, 0.15) is 18.8 Å². The number of aromatic nitrogens is 1. The second-order valence-electron chi connectivity index (χ2n) is 11.1. The Hall–Kier alpha value is -3.86. The molecule has 0 bridgehead atoms. The minimum atomic E-state index is -1.51. The van der Waals surface area contributed by atoms with Crippen molar-refractivity contribution in [1.29, 1.82) is 0 Å². The second kappa shape index (κ2) is 13.6. The molecule has 0 fully saturated rings. The molecule has 0 spiro atoms. The number of aliphatic hydroxyl groups excluding tert-OH is 1. The largest absolute Gasteiger partial charge is 0.493 e. The third kappa shape index (κ3) is 7.95. The number of rotatable bonds is 12. The maximum absolute atomic E-state index is 13.1. The van der Waals surface area contributed by atoms with Gasteiger partial charge in [0.05, 0.1) is 30.1 Å². The number of nitrogens with one attached hydrogen (secondary N) is 2. The van der Waals surface area contributed by atoms with E-state index in [2.05, 4.69) is 15.6 Å². The lowest BCUT2D eigenvalue weighted by molar-refractivity contribution is 0.0395. The smallest absolute Gasteiger partial charge is 0.408 e. The Morgan fingerprint density at radius 1 is 1.19 bits per heavy atom. The number of carbonyl (C=O) groups excluding carboxylic acids is 2. The number of nitrogens with zero attached hydrogens (tertiary/aromatic N) is 1. The average molecular weight is 612 g/mol. The molecule has 230 valence electrons. The minimum absolute atomic E-state index is 0.0139. The van der Waals surface area contributed by atoms with Gasteiger partial charge in [0, 0.05) is 24.1 Å². The Morgan fingerprint density at radius 2 is 1.93 bits per heavy atom. The second-order valence-corrected chi connectivity index (χ2v) is 11.5. The third-order valence-electron chi connectivity index (χ3n) is 7.44. The molecule has 43 heavy (non-hydrogen) atoms. The quantitative estimate of drug-likeness (QED) is 0.158. The number of ether oxygens (including phenoxy) is 3. The highest BCUT2D eigenvalue weighted by atomic mass is 35.5. The number of fused-ring (bicyclic) bond motifs is 1. The molecule has 10 nitrogen and oxygen atoms in total. The van der Waals surface area contributed by atoms with Crippen molar-refractivity contribution in [2.75, 3.05) is 25.6 Å². The molecule has 1 aromatic heterocycles. The van der Waals surface area contributed by atoms with Crippen molar-refractivity contribution in [3.8, 4) is 11.5 Å². The van der Waals surface area contributed by atoms with Gasteiger partial charge in [-0.3, -0.25) is 4.79 Å². The van der Waals surface area contributed by atoms with Crippen molar-refractivity contribution in [2.45, 2.75) is 63.9 Å². The summed E-state index contributed by atoms with van der Waals surface area (Å²) in [6.07, 6.45) is -0.618. The van der Waals surface area contributed by atoms with Crippen molar-refractivity contribution >= 4 is 29.2 Å².